The van der Waals surface area contributed by atoms with Crippen molar-refractivity contribution in [3.63, 3.8) is 0 Å². The molecule has 0 atom stereocenters. The van der Waals surface area contributed by atoms with Crippen LogP contribution in [0.25, 0.3) is 39.0 Å². The normalized spacial score (nSPS) is 16.0. The lowest BCUT2D eigenvalue weighted by Crippen LogP contribution is -2.16. The summed E-state index contributed by atoms with van der Waals surface area (Å²) in [7, 11) is 0. The number of allylic oxidation sites excluding steroid dienone is 5. The number of fused-ring (bicyclic) bond motifs is 4. The molecule has 1 heteroatoms. The van der Waals surface area contributed by atoms with E-state index in [0.717, 1.165) is 17.1 Å². The van der Waals surface area contributed by atoms with Gasteiger partial charge in [-0.1, -0.05) is 143 Å². The Bertz CT molecular complexity index is 2220. The maximum atomic E-state index is 4.59. The van der Waals surface area contributed by atoms with Gasteiger partial charge in [-0.3, -0.25) is 0 Å². The Labute approximate surface area is 297 Å². The monoisotopic (exact) mass is 645 g/mol. The molecule has 0 bridgehead atoms. The fourth-order valence-electron chi connectivity index (χ4n) is 8.02. The van der Waals surface area contributed by atoms with Crippen molar-refractivity contribution in [2.24, 2.45) is 0 Å². The van der Waals surface area contributed by atoms with Gasteiger partial charge in [0.15, 0.2) is 0 Å². The zero-order valence-electron chi connectivity index (χ0n) is 29.7. The highest BCUT2D eigenvalue weighted by Crippen LogP contribution is 2.56. The topological polar surface area (TPSA) is 3.24 Å². The molecule has 2 aliphatic carbocycles. The van der Waals surface area contributed by atoms with Gasteiger partial charge in [0, 0.05) is 27.9 Å². The zero-order chi connectivity index (χ0) is 34.6. The van der Waals surface area contributed by atoms with E-state index in [1.165, 1.54) is 66.8 Å². The van der Waals surface area contributed by atoms with E-state index < -0.39 is 0 Å². The van der Waals surface area contributed by atoms with Crippen LogP contribution in [-0.4, -0.2) is 0 Å². The molecule has 0 unspecified atom stereocenters. The lowest BCUT2D eigenvalue weighted by Gasteiger charge is -2.27. The van der Waals surface area contributed by atoms with E-state index in [0.29, 0.717) is 0 Å². The first-order valence-corrected chi connectivity index (χ1v) is 17.7. The number of hydrogen-bond donors (Lipinski definition) is 0. The van der Waals surface area contributed by atoms with Crippen molar-refractivity contribution < 1.29 is 0 Å². The molecule has 0 N–H and O–H groups in total. The van der Waals surface area contributed by atoms with Crippen LogP contribution in [0.2, 0.25) is 0 Å². The molecule has 0 aromatic heterocycles. The summed E-state index contributed by atoms with van der Waals surface area (Å²) >= 11 is 0. The molecule has 0 saturated carbocycles. The van der Waals surface area contributed by atoms with Gasteiger partial charge < -0.3 is 4.90 Å². The van der Waals surface area contributed by atoms with Gasteiger partial charge in [0.05, 0.1) is 0 Å². The molecule has 0 saturated heterocycles. The second-order valence-electron chi connectivity index (χ2n) is 14.7. The van der Waals surface area contributed by atoms with Crippen LogP contribution in [0.4, 0.5) is 17.1 Å². The Morgan fingerprint density at radius 2 is 0.940 bits per heavy atom. The largest absolute Gasteiger partial charge is 0.310 e. The van der Waals surface area contributed by atoms with E-state index >= 15 is 0 Å². The second kappa shape index (κ2) is 12.0. The highest BCUT2D eigenvalue weighted by atomic mass is 15.1. The molecule has 6 aromatic carbocycles. The van der Waals surface area contributed by atoms with E-state index in [2.05, 4.69) is 204 Å². The van der Waals surface area contributed by atoms with Crippen LogP contribution < -0.4 is 4.90 Å². The Kier molecular flexibility index (Phi) is 7.61. The van der Waals surface area contributed by atoms with Crippen LogP contribution in [0, 0.1) is 0 Å². The van der Waals surface area contributed by atoms with E-state index in [1.54, 1.807) is 0 Å². The summed E-state index contributed by atoms with van der Waals surface area (Å²) in [4.78, 5) is 2.39. The van der Waals surface area contributed by atoms with Crippen LogP contribution >= 0.6 is 0 Å². The summed E-state index contributed by atoms with van der Waals surface area (Å²) in [6.07, 6.45) is 6.47. The van der Waals surface area contributed by atoms with Crippen molar-refractivity contribution in [3.05, 3.63) is 192 Å². The maximum Gasteiger partial charge on any atom is 0.0468 e. The third-order valence-electron chi connectivity index (χ3n) is 11.0. The fourth-order valence-corrected chi connectivity index (χ4v) is 8.02. The van der Waals surface area contributed by atoms with Gasteiger partial charge >= 0.3 is 0 Å². The van der Waals surface area contributed by atoms with E-state index in [1.807, 2.05) is 0 Å². The molecular weight excluding hydrogens is 603 g/mol. The third-order valence-corrected chi connectivity index (χ3v) is 11.0. The molecule has 0 amide bonds. The molecule has 0 radical (unpaired) electrons. The molecule has 6 aromatic rings. The Hall–Kier alpha value is -5.66. The van der Waals surface area contributed by atoms with Crippen LogP contribution in [0.1, 0.15) is 56.9 Å². The van der Waals surface area contributed by atoms with Crippen LogP contribution in [0.15, 0.2) is 170 Å². The summed E-state index contributed by atoms with van der Waals surface area (Å²) < 4.78 is 0. The number of benzene rings is 6. The quantitative estimate of drug-likeness (QED) is 0.174. The van der Waals surface area contributed by atoms with E-state index in [4.69, 9.17) is 0 Å². The van der Waals surface area contributed by atoms with Gasteiger partial charge in [-0.15, -0.1) is 0 Å². The smallest absolute Gasteiger partial charge is 0.0468 e. The molecule has 2 aliphatic rings. The molecule has 244 valence electrons. The predicted octanol–water partition coefficient (Wildman–Crippen LogP) is 13.6. The Morgan fingerprint density at radius 3 is 1.48 bits per heavy atom. The average molecular weight is 646 g/mol. The molecular formula is C49H43N. The number of anilines is 3. The third kappa shape index (κ3) is 5.08. The SMILES string of the molecule is C=C1/C(=C\C=C/C)c2cc3c(cc2C1(C)C)-c1cc(N(c2ccc(-c4ccccc4)cc2)c2ccc(-c4ccccc4)cc2)ccc1C3(C)C. The van der Waals surface area contributed by atoms with Gasteiger partial charge in [-0.05, 0) is 122 Å². The Morgan fingerprint density at radius 1 is 0.480 bits per heavy atom. The molecule has 50 heavy (non-hydrogen) atoms. The van der Waals surface area contributed by atoms with E-state index in [9.17, 15) is 0 Å². The minimum atomic E-state index is -0.144. The number of hydrogen-bond acceptors (Lipinski definition) is 1. The first-order valence-electron chi connectivity index (χ1n) is 17.7. The summed E-state index contributed by atoms with van der Waals surface area (Å²) in [5.41, 5.74) is 18.5. The van der Waals surface area contributed by atoms with Gasteiger partial charge in [0.1, 0.15) is 0 Å². The Balaban J connectivity index is 1.27. The fraction of sp³-hybridized carbons (Fsp3) is 0.143. The lowest BCUT2D eigenvalue weighted by molar-refractivity contribution is 0.652. The lowest BCUT2D eigenvalue weighted by atomic mass is 9.80. The summed E-state index contributed by atoms with van der Waals surface area (Å²) in [5.74, 6) is 0. The minimum absolute atomic E-state index is 0.127. The minimum Gasteiger partial charge on any atom is -0.310 e. The van der Waals surface area contributed by atoms with Gasteiger partial charge in [-0.2, -0.15) is 0 Å². The number of rotatable bonds is 6. The van der Waals surface area contributed by atoms with Gasteiger partial charge in [0.25, 0.3) is 0 Å². The molecule has 0 spiro atoms. The zero-order valence-corrected chi connectivity index (χ0v) is 29.7. The van der Waals surface area contributed by atoms with Crippen molar-refractivity contribution in [1.29, 1.82) is 0 Å². The van der Waals surface area contributed by atoms with Crippen LogP contribution in [-0.2, 0) is 10.8 Å². The van der Waals surface area contributed by atoms with Crippen molar-refractivity contribution in [2.75, 3.05) is 4.90 Å². The van der Waals surface area contributed by atoms with Crippen molar-refractivity contribution >= 4 is 22.6 Å². The number of nitrogens with zero attached hydrogens (tertiary/aromatic N) is 1. The highest BCUT2D eigenvalue weighted by Gasteiger charge is 2.42. The average Bonchev–Trinajstić information content (AvgIpc) is 3.48. The van der Waals surface area contributed by atoms with Gasteiger partial charge in [-0.25, -0.2) is 0 Å². The highest BCUT2D eigenvalue weighted by molar-refractivity contribution is 5.95. The molecule has 0 fully saturated rings. The van der Waals surface area contributed by atoms with Crippen LogP contribution in [0.5, 0.6) is 0 Å². The van der Waals surface area contributed by atoms with Crippen molar-refractivity contribution in [2.45, 2.75) is 45.4 Å². The molecule has 8 rings (SSSR count). The summed E-state index contributed by atoms with van der Waals surface area (Å²) in [5, 5.41) is 0. The van der Waals surface area contributed by atoms with Crippen molar-refractivity contribution in [3.8, 4) is 33.4 Å². The maximum absolute atomic E-state index is 4.59. The molecule has 0 heterocycles. The standard InChI is InChI=1S/C49H43N/c1-7-8-19-41-33(2)48(3,4)46-32-44-42-30-40(28-29-45(42)49(5,6)47(44)31-43(41)46)50(38-24-20-36(21-25-38)34-15-11-9-12-16-34)39-26-22-37(23-27-39)35-17-13-10-14-18-35/h7-32H,2H2,1,3-6H3/b8-7-,41-19+. The van der Waals surface area contributed by atoms with E-state index in [-0.39, 0.29) is 10.8 Å². The first kappa shape index (κ1) is 31.6. The van der Waals surface area contributed by atoms with Crippen LogP contribution in [0.3, 0.4) is 0 Å². The summed E-state index contributed by atoms with van der Waals surface area (Å²) in [6, 6.07) is 51.1. The second-order valence-corrected chi connectivity index (χ2v) is 14.7. The predicted molar refractivity (Wildman–Crippen MR) is 215 cm³/mol. The molecule has 1 nitrogen and oxygen atoms in total. The van der Waals surface area contributed by atoms with Crippen molar-refractivity contribution in [1.82, 2.24) is 0 Å². The van der Waals surface area contributed by atoms with Gasteiger partial charge in [0.2, 0.25) is 0 Å². The molecule has 0 aliphatic heterocycles. The summed E-state index contributed by atoms with van der Waals surface area (Å²) in [6.45, 7) is 16.0. The first-order chi connectivity index (χ1) is 24.2.